The summed E-state index contributed by atoms with van der Waals surface area (Å²) in [5, 5.41) is 5.70. The molecule has 8 heteroatoms. The number of nitrogens with one attached hydrogen (secondary N) is 2. The number of pyridine rings is 1. The highest BCUT2D eigenvalue weighted by atomic mass is 19.4. The van der Waals surface area contributed by atoms with Crippen molar-refractivity contribution in [3.63, 3.8) is 0 Å². The molecule has 2 heterocycles. The summed E-state index contributed by atoms with van der Waals surface area (Å²) in [6.07, 6.45) is -3.49. The molecular weight excluding hydrogens is 287 g/mol. The Hall–Kier alpha value is -1.67. The third-order valence-electron chi connectivity index (χ3n) is 3.21. The number of halogens is 3. The van der Waals surface area contributed by atoms with Crippen molar-refractivity contribution in [3.8, 4) is 0 Å². The van der Waals surface area contributed by atoms with Crippen molar-refractivity contribution in [2.75, 3.05) is 25.1 Å². The molecule has 1 saturated heterocycles. The van der Waals surface area contributed by atoms with E-state index in [9.17, 15) is 18.0 Å². The number of anilines is 1. The highest BCUT2D eigenvalue weighted by Gasteiger charge is 2.34. The van der Waals surface area contributed by atoms with Gasteiger partial charge < -0.3 is 15.4 Å². The highest BCUT2D eigenvalue weighted by molar-refractivity contribution is 5.93. The lowest BCUT2D eigenvalue weighted by Gasteiger charge is -2.17. The third-order valence-corrected chi connectivity index (χ3v) is 3.21. The molecule has 0 saturated carbocycles. The maximum Gasteiger partial charge on any atom is 0.433 e. The molecule has 0 aliphatic carbocycles. The van der Waals surface area contributed by atoms with E-state index in [4.69, 9.17) is 4.74 Å². The summed E-state index contributed by atoms with van der Waals surface area (Å²) in [6.45, 7) is 3.36. The Kier molecular flexibility index (Phi) is 4.79. The minimum Gasteiger partial charge on any atom is -0.379 e. The molecule has 1 aromatic heterocycles. The number of amides is 1. The first kappa shape index (κ1) is 15.7. The lowest BCUT2D eigenvalue weighted by atomic mass is 10.0. The summed E-state index contributed by atoms with van der Waals surface area (Å²) in [4.78, 5) is 15.4. The molecule has 1 fully saturated rings. The van der Waals surface area contributed by atoms with Crippen LogP contribution in [0.25, 0.3) is 0 Å². The van der Waals surface area contributed by atoms with E-state index in [-0.39, 0.29) is 30.2 Å². The van der Waals surface area contributed by atoms with E-state index in [1.165, 1.54) is 6.07 Å². The number of alkyl halides is 3. The average molecular weight is 303 g/mol. The second-order valence-corrected chi connectivity index (χ2v) is 4.73. The van der Waals surface area contributed by atoms with Crippen LogP contribution in [0, 0.1) is 5.92 Å². The van der Waals surface area contributed by atoms with E-state index in [0.29, 0.717) is 13.2 Å². The van der Waals surface area contributed by atoms with Gasteiger partial charge in [-0.15, -0.1) is 0 Å². The Labute approximate surface area is 119 Å². The summed E-state index contributed by atoms with van der Waals surface area (Å²) >= 11 is 0. The second kappa shape index (κ2) is 6.40. The lowest BCUT2D eigenvalue weighted by Crippen LogP contribution is -2.41. The van der Waals surface area contributed by atoms with Crippen LogP contribution in [0.4, 0.5) is 18.9 Å². The van der Waals surface area contributed by atoms with Crippen LogP contribution < -0.4 is 10.6 Å². The van der Waals surface area contributed by atoms with Gasteiger partial charge in [-0.2, -0.15) is 13.2 Å². The highest BCUT2D eigenvalue weighted by Crippen LogP contribution is 2.28. The minimum absolute atomic E-state index is 0.0857. The Bertz CT molecular complexity index is 490. The van der Waals surface area contributed by atoms with Crippen molar-refractivity contribution in [1.82, 2.24) is 10.3 Å². The first-order valence-corrected chi connectivity index (χ1v) is 6.57. The van der Waals surface area contributed by atoms with Crippen molar-refractivity contribution >= 4 is 11.6 Å². The number of nitrogens with zero attached hydrogens (tertiary/aromatic N) is 1. The normalized spacial score (nSPS) is 22.3. The number of carbonyl (C=O) groups excluding carboxylic acids is 1. The molecule has 1 amide bonds. The summed E-state index contributed by atoms with van der Waals surface area (Å²) in [7, 11) is 0. The molecule has 1 aliphatic heterocycles. The molecule has 2 atom stereocenters. The fourth-order valence-electron chi connectivity index (χ4n) is 2.15. The van der Waals surface area contributed by atoms with E-state index in [1.54, 1.807) is 0 Å². The van der Waals surface area contributed by atoms with Crippen LogP contribution in [-0.2, 0) is 15.7 Å². The summed E-state index contributed by atoms with van der Waals surface area (Å²) in [5.74, 6) is -0.660. The third kappa shape index (κ3) is 3.92. The molecule has 2 N–H and O–H groups in total. The summed E-state index contributed by atoms with van der Waals surface area (Å²) in [5.41, 5.74) is -0.759. The molecule has 0 radical (unpaired) electrons. The number of hydrogen-bond donors (Lipinski definition) is 2. The second-order valence-electron chi connectivity index (χ2n) is 4.73. The minimum atomic E-state index is -4.49. The first-order chi connectivity index (χ1) is 9.91. The Morgan fingerprint density at radius 1 is 1.43 bits per heavy atom. The Balaban J connectivity index is 1.99. The standard InChI is InChI=1S/C13H16F3N3O2/c1-2-17-10-7-21-6-9(10)12(20)19-8-3-4-11(18-5-8)13(14,15)16/h3-5,9-10,17H,2,6-7H2,1H3,(H,19,20). The first-order valence-electron chi connectivity index (χ1n) is 6.57. The zero-order chi connectivity index (χ0) is 15.5. The molecule has 0 spiro atoms. The molecule has 0 aromatic carbocycles. The van der Waals surface area contributed by atoms with Gasteiger partial charge in [-0.3, -0.25) is 4.79 Å². The fourth-order valence-corrected chi connectivity index (χ4v) is 2.15. The maximum absolute atomic E-state index is 12.4. The van der Waals surface area contributed by atoms with E-state index in [0.717, 1.165) is 12.3 Å². The molecular formula is C13H16F3N3O2. The average Bonchev–Trinajstić information content (AvgIpc) is 2.87. The monoisotopic (exact) mass is 303 g/mol. The topological polar surface area (TPSA) is 63.2 Å². The van der Waals surface area contributed by atoms with Crippen molar-refractivity contribution in [3.05, 3.63) is 24.0 Å². The number of rotatable bonds is 4. The van der Waals surface area contributed by atoms with E-state index < -0.39 is 11.9 Å². The van der Waals surface area contributed by atoms with E-state index in [2.05, 4.69) is 15.6 Å². The van der Waals surface area contributed by atoms with Crippen molar-refractivity contribution in [2.24, 2.45) is 5.92 Å². The smallest absolute Gasteiger partial charge is 0.379 e. The van der Waals surface area contributed by atoms with Gasteiger partial charge in [0, 0.05) is 6.04 Å². The van der Waals surface area contributed by atoms with Crippen LogP contribution in [0.1, 0.15) is 12.6 Å². The van der Waals surface area contributed by atoms with Gasteiger partial charge >= 0.3 is 6.18 Å². The van der Waals surface area contributed by atoms with Gasteiger partial charge in [0.2, 0.25) is 5.91 Å². The quantitative estimate of drug-likeness (QED) is 0.888. The van der Waals surface area contributed by atoms with Crippen LogP contribution in [-0.4, -0.2) is 36.7 Å². The van der Waals surface area contributed by atoms with Crippen LogP contribution in [0.5, 0.6) is 0 Å². The molecule has 0 bridgehead atoms. The number of hydrogen-bond acceptors (Lipinski definition) is 4. The molecule has 1 aromatic rings. The van der Waals surface area contributed by atoms with Crippen molar-refractivity contribution in [2.45, 2.75) is 19.1 Å². The van der Waals surface area contributed by atoms with E-state index in [1.807, 2.05) is 6.92 Å². The predicted octanol–water partition coefficient (Wildman–Crippen LogP) is 1.66. The Morgan fingerprint density at radius 2 is 2.19 bits per heavy atom. The van der Waals surface area contributed by atoms with Gasteiger partial charge in [0.25, 0.3) is 0 Å². The zero-order valence-electron chi connectivity index (χ0n) is 11.4. The maximum atomic E-state index is 12.4. The molecule has 116 valence electrons. The van der Waals surface area contributed by atoms with Crippen LogP contribution in [0.3, 0.4) is 0 Å². The molecule has 2 unspecified atom stereocenters. The van der Waals surface area contributed by atoms with Crippen molar-refractivity contribution < 1.29 is 22.7 Å². The molecule has 2 rings (SSSR count). The van der Waals surface area contributed by atoms with Gasteiger partial charge in [-0.25, -0.2) is 4.98 Å². The molecule has 21 heavy (non-hydrogen) atoms. The number of likely N-dealkylation sites (N-methyl/N-ethyl adjacent to an activating group) is 1. The van der Waals surface area contributed by atoms with Gasteiger partial charge in [0.15, 0.2) is 0 Å². The van der Waals surface area contributed by atoms with Gasteiger partial charge in [-0.05, 0) is 18.7 Å². The predicted molar refractivity (Wildman–Crippen MR) is 69.6 cm³/mol. The van der Waals surface area contributed by atoms with Crippen LogP contribution >= 0.6 is 0 Å². The van der Waals surface area contributed by atoms with Crippen LogP contribution in [0.2, 0.25) is 0 Å². The SMILES string of the molecule is CCNC1COCC1C(=O)Nc1ccc(C(F)(F)F)nc1. The Morgan fingerprint density at radius 3 is 2.76 bits per heavy atom. The van der Waals surface area contributed by atoms with Gasteiger partial charge in [0.05, 0.1) is 31.0 Å². The summed E-state index contributed by atoms with van der Waals surface area (Å²) in [6, 6.07) is 1.94. The van der Waals surface area contributed by atoms with Gasteiger partial charge in [-0.1, -0.05) is 6.92 Å². The largest absolute Gasteiger partial charge is 0.433 e. The van der Waals surface area contributed by atoms with Crippen molar-refractivity contribution in [1.29, 1.82) is 0 Å². The van der Waals surface area contributed by atoms with E-state index >= 15 is 0 Å². The zero-order valence-corrected chi connectivity index (χ0v) is 11.4. The number of aromatic nitrogens is 1. The summed E-state index contributed by atoms with van der Waals surface area (Å²) < 4.78 is 42.4. The molecule has 5 nitrogen and oxygen atoms in total. The number of carbonyl (C=O) groups is 1. The van der Waals surface area contributed by atoms with Gasteiger partial charge in [0.1, 0.15) is 5.69 Å². The fraction of sp³-hybridized carbons (Fsp3) is 0.538. The lowest BCUT2D eigenvalue weighted by molar-refractivity contribution is -0.141. The van der Waals surface area contributed by atoms with Crippen LogP contribution in [0.15, 0.2) is 18.3 Å². The number of ether oxygens (including phenoxy) is 1. The molecule has 1 aliphatic rings.